The number of rotatable bonds is 6. The molecular formula is C49H33N3O. The number of para-hydroxylation sites is 1. The van der Waals surface area contributed by atoms with Gasteiger partial charge in [0.1, 0.15) is 11.2 Å². The molecule has 4 heteroatoms. The van der Waals surface area contributed by atoms with Crippen LogP contribution < -0.4 is 0 Å². The number of nitrogens with zero attached hydrogens (tertiary/aromatic N) is 3. The molecule has 0 saturated carbocycles. The summed E-state index contributed by atoms with van der Waals surface area (Å²) in [5.74, 6) is 2.17. The van der Waals surface area contributed by atoms with Crippen LogP contribution in [0, 0.1) is 0 Å². The molecule has 2 heterocycles. The number of aromatic nitrogens is 3. The first-order valence-electron chi connectivity index (χ1n) is 18.0. The molecule has 10 rings (SSSR count). The van der Waals surface area contributed by atoms with E-state index in [0.717, 1.165) is 56.2 Å². The van der Waals surface area contributed by atoms with Crippen molar-refractivity contribution < 1.29 is 4.42 Å². The topological polar surface area (TPSA) is 51.8 Å². The summed E-state index contributed by atoms with van der Waals surface area (Å²) in [5, 5.41) is 4.42. The Morgan fingerprint density at radius 2 is 1.13 bits per heavy atom. The van der Waals surface area contributed by atoms with E-state index < -0.39 is 0 Å². The lowest BCUT2D eigenvalue weighted by atomic mass is 9.89. The summed E-state index contributed by atoms with van der Waals surface area (Å²) in [7, 11) is 0. The highest BCUT2D eigenvalue weighted by Crippen LogP contribution is 2.40. The van der Waals surface area contributed by atoms with Crippen LogP contribution in [0.3, 0.4) is 0 Å². The van der Waals surface area contributed by atoms with Gasteiger partial charge in [-0.25, -0.2) is 15.0 Å². The molecule has 0 N–H and O–H groups in total. The van der Waals surface area contributed by atoms with E-state index in [2.05, 4.69) is 152 Å². The van der Waals surface area contributed by atoms with Gasteiger partial charge < -0.3 is 4.42 Å². The van der Waals surface area contributed by atoms with E-state index in [1.807, 2.05) is 30.3 Å². The Morgan fingerprint density at radius 1 is 0.472 bits per heavy atom. The second kappa shape index (κ2) is 13.0. The molecule has 0 fully saturated rings. The minimum Gasteiger partial charge on any atom is -0.456 e. The molecule has 1 aliphatic carbocycles. The molecule has 0 aliphatic heterocycles. The van der Waals surface area contributed by atoms with E-state index in [0.29, 0.717) is 17.5 Å². The first-order valence-corrected chi connectivity index (χ1v) is 18.0. The van der Waals surface area contributed by atoms with Crippen LogP contribution >= 0.6 is 0 Å². The van der Waals surface area contributed by atoms with Gasteiger partial charge in [0.15, 0.2) is 17.5 Å². The first kappa shape index (κ1) is 30.9. The lowest BCUT2D eigenvalue weighted by Gasteiger charge is -2.17. The summed E-state index contributed by atoms with van der Waals surface area (Å²) < 4.78 is 6.52. The standard InChI is InChI=1S/C49H33N3O/c1-3-11-32(12-4-1)34-19-21-35(22-20-34)36-23-26-38(27-24-36)48-50-47(37-14-5-2-6-15-37)51-49(52-48)43-30-41(40-28-25-33-13-7-8-16-39(33)29-40)31-45-46(43)42-17-9-10-18-44(42)53-45/h1-23,25-31,36H,24H2. The van der Waals surface area contributed by atoms with Crippen LogP contribution in [0.15, 0.2) is 186 Å². The van der Waals surface area contributed by atoms with Crippen molar-refractivity contribution in [1.29, 1.82) is 0 Å². The van der Waals surface area contributed by atoms with Crippen molar-refractivity contribution >= 4 is 38.3 Å². The summed E-state index contributed by atoms with van der Waals surface area (Å²) in [5.41, 5.74) is 10.3. The van der Waals surface area contributed by atoms with Gasteiger partial charge in [-0.1, -0.05) is 158 Å². The fourth-order valence-electron chi connectivity index (χ4n) is 7.49. The van der Waals surface area contributed by atoms with Gasteiger partial charge in [0, 0.05) is 33.4 Å². The van der Waals surface area contributed by atoms with Gasteiger partial charge in [-0.15, -0.1) is 0 Å². The van der Waals surface area contributed by atoms with E-state index in [4.69, 9.17) is 19.4 Å². The summed E-state index contributed by atoms with van der Waals surface area (Å²) in [6.45, 7) is 0. The maximum absolute atomic E-state index is 6.52. The van der Waals surface area contributed by atoms with Crippen molar-refractivity contribution in [1.82, 2.24) is 15.0 Å². The van der Waals surface area contributed by atoms with Crippen LogP contribution in [0.2, 0.25) is 0 Å². The van der Waals surface area contributed by atoms with E-state index in [-0.39, 0.29) is 5.92 Å². The predicted molar refractivity (Wildman–Crippen MR) is 217 cm³/mol. The molecule has 9 aromatic rings. The summed E-state index contributed by atoms with van der Waals surface area (Å²) in [6, 6.07) is 57.2. The Kier molecular flexibility index (Phi) is 7.58. The molecule has 0 amide bonds. The molecule has 2 aromatic heterocycles. The van der Waals surface area contributed by atoms with Crippen molar-refractivity contribution in [2.45, 2.75) is 12.3 Å². The van der Waals surface area contributed by atoms with Gasteiger partial charge in [0.05, 0.1) is 0 Å². The van der Waals surface area contributed by atoms with Gasteiger partial charge in [-0.05, 0) is 69.3 Å². The van der Waals surface area contributed by atoms with Gasteiger partial charge in [0.2, 0.25) is 0 Å². The Bertz CT molecular complexity index is 2850. The Hall–Kier alpha value is -6.91. The average Bonchev–Trinajstić information content (AvgIpc) is 3.62. The van der Waals surface area contributed by atoms with Gasteiger partial charge in [-0.2, -0.15) is 0 Å². The van der Waals surface area contributed by atoms with Crippen LogP contribution in [0.1, 0.15) is 23.7 Å². The highest BCUT2D eigenvalue weighted by atomic mass is 16.3. The molecule has 53 heavy (non-hydrogen) atoms. The molecular weight excluding hydrogens is 647 g/mol. The second-order valence-corrected chi connectivity index (χ2v) is 13.6. The third kappa shape index (κ3) is 5.81. The van der Waals surface area contributed by atoms with Crippen molar-refractivity contribution in [3.63, 3.8) is 0 Å². The molecule has 0 radical (unpaired) electrons. The van der Waals surface area contributed by atoms with E-state index in [1.165, 1.54) is 27.5 Å². The number of allylic oxidation sites excluding steroid dienone is 4. The van der Waals surface area contributed by atoms with Crippen molar-refractivity contribution in [3.05, 3.63) is 193 Å². The lowest BCUT2D eigenvalue weighted by Crippen LogP contribution is -2.05. The fourth-order valence-corrected chi connectivity index (χ4v) is 7.49. The maximum atomic E-state index is 6.52. The van der Waals surface area contributed by atoms with E-state index >= 15 is 0 Å². The molecule has 1 unspecified atom stereocenters. The maximum Gasteiger partial charge on any atom is 0.164 e. The minimum absolute atomic E-state index is 0.272. The fraction of sp³-hybridized carbons (Fsp3) is 0.0408. The zero-order valence-corrected chi connectivity index (χ0v) is 28.9. The molecule has 250 valence electrons. The Labute approximate surface area is 307 Å². The quantitative estimate of drug-likeness (QED) is 0.175. The zero-order chi connectivity index (χ0) is 35.1. The largest absolute Gasteiger partial charge is 0.456 e. The van der Waals surface area contributed by atoms with Crippen molar-refractivity contribution in [2.75, 3.05) is 0 Å². The smallest absolute Gasteiger partial charge is 0.164 e. The molecule has 0 saturated heterocycles. The number of fused-ring (bicyclic) bond motifs is 4. The minimum atomic E-state index is 0.272. The Balaban J connectivity index is 1.09. The SMILES string of the molecule is C1=CC(c2ccc(-c3ccccc3)cc2)CC=C1c1nc(-c2ccccc2)nc(-c2cc(-c3ccc4ccccc4c3)cc3oc4ccccc4c23)n1. The normalized spacial score (nSPS) is 14.2. The van der Waals surface area contributed by atoms with E-state index in [9.17, 15) is 0 Å². The first-order chi connectivity index (χ1) is 26.2. The number of benzene rings is 7. The van der Waals surface area contributed by atoms with E-state index in [1.54, 1.807) is 0 Å². The zero-order valence-electron chi connectivity index (χ0n) is 28.9. The van der Waals surface area contributed by atoms with Crippen LogP contribution in [0.5, 0.6) is 0 Å². The molecule has 1 aliphatic rings. The Morgan fingerprint density at radius 3 is 1.92 bits per heavy atom. The molecule has 1 atom stereocenters. The third-order valence-corrected chi connectivity index (χ3v) is 10.3. The molecule has 0 bridgehead atoms. The monoisotopic (exact) mass is 679 g/mol. The number of hydrogen-bond donors (Lipinski definition) is 0. The third-order valence-electron chi connectivity index (χ3n) is 10.3. The summed E-state index contributed by atoms with van der Waals surface area (Å²) in [6.07, 6.45) is 7.56. The molecule has 7 aromatic carbocycles. The predicted octanol–water partition coefficient (Wildman–Crippen LogP) is 12.7. The van der Waals surface area contributed by atoms with Gasteiger partial charge >= 0.3 is 0 Å². The van der Waals surface area contributed by atoms with Crippen molar-refractivity contribution in [3.8, 4) is 45.0 Å². The molecule has 4 nitrogen and oxygen atoms in total. The van der Waals surface area contributed by atoms with Crippen molar-refractivity contribution in [2.24, 2.45) is 0 Å². The van der Waals surface area contributed by atoms with Gasteiger partial charge in [-0.3, -0.25) is 0 Å². The number of hydrogen-bond acceptors (Lipinski definition) is 4. The average molecular weight is 680 g/mol. The van der Waals surface area contributed by atoms with Crippen LogP contribution in [-0.2, 0) is 0 Å². The van der Waals surface area contributed by atoms with Crippen LogP contribution in [0.4, 0.5) is 0 Å². The lowest BCUT2D eigenvalue weighted by molar-refractivity contribution is 0.669. The summed E-state index contributed by atoms with van der Waals surface area (Å²) in [4.78, 5) is 15.5. The second-order valence-electron chi connectivity index (χ2n) is 13.6. The highest BCUT2D eigenvalue weighted by molar-refractivity contribution is 6.13. The van der Waals surface area contributed by atoms with Gasteiger partial charge in [0.25, 0.3) is 0 Å². The van der Waals surface area contributed by atoms with Crippen LogP contribution in [0.25, 0.3) is 83.3 Å². The number of furan rings is 1. The molecule has 0 spiro atoms. The van der Waals surface area contributed by atoms with Crippen LogP contribution in [-0.4, -0.2) is 15.0 Å². The highest BCUT2D eigenvalue weighted by Gasteiger charge is 2.21. The summed E-state index contributed by atoms with van der Waals surface area (Å²) >= 11 is 0.